The zero-order chi connectivity index (χ0) is 15.9. The van der Waals surface area contributed by atoms with Gasteiger partial charge in [0.2, 0.25) is 5.91 Å². The molecule has 2 fully saturated rings. The lowest BCUT2D eigenvalue weighted by molar-refractivity contribution is -0.158. The maximum Gasteiger partial charge on any atom is 0.307 e. The molecule has 2 aliphatic rings. The second-order valence-corrected chi connectivity index (χ2v) is 7.02. The average molecular weight is 301 g/mol. The molecule has 0 aromatic heterocycles. The highest BCUT2D eigenvalue weighted by Crippen LogP contribution is 2.45. The van der Waals surface area contributed by atoms with E-state index in [4.69, 9.17) is 0 Å². The zero-order valence-electron chi connectivity index (χ0n) is 13.2. The highest BCUT2D eigenvalue weighted by atomic mass is 16.4. The predicted octanol–water partition coefficient (Wildman–Crippen LogP) is 2.89. The molecule has 1 heterocycles. The number of likely N-dealkylation sites (tertiary alicyclic amines) is 1. The predicted molar refractivity (Wildman–Crippen MR) is 83.4 cm³/mol. The van der Waals surface area contributed by atoms with Crippen molar-refractivity contribution >= 4 is 11.9 Å². The van der Waals surface area contributed by atoms with Gasteiger partial charge in [-0.3, -0.25) is 9.59 Å². The monoisotopic (exact) mass is 301 g/mol. The molecule has 1 aliphatic carbocycles. The van der Waals surface area contributed by atoms with Gasteiger partial charge in [-0.15, -0.1) is 0 Å². The van der Waals surface area contributed by atoms with Crippen LogP contribution in [-0.2, 0) is 9.59 Å². The first kappa shape index (κ1) is 15.1. The Morgan fingerprint density at radius 2 is 1.73 bits per heavy atom. The van der Waals surface area contributed by atoms with Crippen molar-refractivity contribution in [2.45, 2.75) is 44.6 Å². The molecule has 1 saturated heterocycles. The minimum Gasteiger partial charge on any atom is -0.481 e. The summed E-state index contributed by atoms with van der Waals surface area (Å²) in [6.45, 7) is 4.92. The third kappa shape index (κ3) is 2.31. The average Bonchev–Trinajstić information content (AvgIpc) is 2.73. The number of carboxylic acid groups (broad SMARTS) is 1. The Morgan fingerprint density at radius 1 is 1.09 bits per heavy atom. The summed E-state index contributed by atoms with van der Waals surface area (Å²) < 4.78 is 0. The number of carboxylic acids is 1. The van der Waals surface area contributed by atoms with Gasteiger partial charge in [0.25, 0.3) is 0 Å². The lowest BCUT2D eigenvalue weighted by Crippen LogP contribution is -2.52. The van der Waals surface area contributed by atoms with Gasteiger partial charge in [-0.2, -0.15) is 0 Å². The van der Waals surface area contributed by atoms with E-state index >= 15 is 0 Å². The van der Waals surface area contributed by atoms with E-state index in [1.807, 2.05) is 23.1 Å². The molecule has 0 radical (unpaired) electrons. The maximum atomic E-state index is 12.8. The standard InChI is InChI=1S/C18H23NO3/c1-18(2)15(12-6-4-3-5-7-12)10-11-19(18)16(20)13-8-9-14(13)17(21)22/h3-7,13-15H,8-11H2,1-2H3,(H,21,22). The van der Waals surface area contributed by atoms with Gasteiger partial charge in [0.05, 0.1) is 11.8 Å². The van der Waals surface area contributed by atoms with Crippen molar-refractivity contribution in [3.8, 4) is 0 Å². The van der Waals surface area contributed by atoms with E-state index in [0.717, 1.165) is 6.42 Å². The Morgan fingerprint density at radius 3 is 2.27 bits per heavy atom. The third-order valence-corrected chi connectivity index (χ3v) is 5.57. The van der Waals surface area contributed by atoms with Gasteiger partial charge in [-0.1, -0.05) is 30.3 Å². The summed E-state index contributed by atoms with van der Waals surface area (Å²) in [6.07, 6.45) is 2.27. The van der Waals surface area contributed by atoms with Crippen LogP contribution in [0, 0.1) is 11.8 Å². The highest BCUT2D eigenvalue weighted by molar-refractivity contribution is 5.87. The molecule has 22 heavy (non-hydrogen) atoms. The topological polar surface area (TPSA) is 57.6 Å². The van der Waals surface area contributed by atoms with Crippen molar-refractivity contribution in [2.75, 3.05) is 6.54 Å². The Labute approximate surface area is 131 Å². The van der Waals surface area contributed by atoms with Gasteiger partial charge < -0.3 is 10.0 Å². The van der Waals surface area contributed by atoms with E-state index in [1.165, 1.54) is 5.56 Å². The molecule has 3 atom stereocenters. The Balaban J connectivity index is 1.79. The van der Waals surface area contributed by atoms with Gasteiger partial charge in [-0.05, 0) is 38.7 Å². The van der Waals surface area contributed by atoms with Gasteiger partial charge in [0.1, 0.15) is 0 Å². The number of rotatable bonds is 3. The quantitative estimate of drug-likeness (QED) is 0.934. The van der Waals surface area contributed by atoms with Crippen LogP contribution in [0.1, 0.15) is 44.6 Å². The molecule has 0 bridgehead atoms. The van der Waals surface area contributed by atoms with Gasteiger partial charge in [0.15, 0.2) is 0 Å². The minimum absolute atomic E-state index is 0.0297. The van der Waals surface area contributed by atoms with Crippen LogP contribution < -0.4 is 0 Å². The second kappa shape index (κ2) is 5.41. The van der Waals surface area contributed by atoms with Crippen molar-refractivity contribution in [3.63, 3.8) is 0 Å². The molecule has 3 unspecified atom stereocenters. The van der Waals surface area contributed by atoms with Crippen molar-refractivity contribution in [1.29, 1.82) is 0 Å². The van der Waals surface area contributed by atoms with E-state index in [2.05, 4.69) is 26.0 Å². The SMILES string of the molecule is CC1(C)C(c2ccccc2)CCN1C(=O)C1CCC1C(=O)O. The zero-order valence-corrected chi connectivity index (χ0v) is 13.2. The number of amides is 1. The van der Waals surface area contributed by atoms with Crippen LogP contribution in [0.25, 0.3) is 0 Å². The van der Waals surface area contributed by atoms with E-state index in [9.17, 15) is 14.7 Å². The summed E-state index contributed by atoms with van der Waals surface area (Å²) in [4.78, 5) is 25.9. The van der Waals surface area contributed by atoms with Crippen LogP contribution in [0.5, 0.6) is 0 Å². The third-order valence-electron chi connectivity index (χ3n) is 5.57. The smallest absolute Gasteiger partial charge is 0.307 e. The molecule has 4 nitrogen and oxygen atoms in total. The number of hydrogen-bond acceptors (Lipinski definition) is 2. The summed E-state index contributed by atoms with van der Waals surface area (Å²) in [5.74, 6) is -1.31. The Kier molecular flexibility index (Phi) is 3.71. The summed E-state index contributed by atoms with van der Waals surface area (Å²) >= 11 is 0. The van der Waals surface area contributed by atoms with Crippen LogP contribution in [0.4, 0.5) is 0 Å². The molecule has 4 heteroatoms. The molecule has 1 N–H and O–H groups in total. The van der Waals surface area contributed by atoms with E-state index in [-0.39, 0.29) is 17.4 Å². The first-order valence-electron chi connectivity index (χ1n) is 8.02. The van der Waals surface area contributed by atoms with Gasteiger partial charge in [-0.25, -0.2) is 0 Å². The fourth-order valence-corrected chi connectivity index (χ4v) is 4.03. The van der Waals surface area contributed by atoms with Gasteiger partial charge >= 0.3 is 5.97 Å². The van der Waals surface area contributed by atoms with Crippen LogP contribution in [0.3, 0.4) is 0 Å². The molecule has 1 aromatic carbocycles. The van der Waals surface area contributed by atoms with Crippen LogP contribution in [0.15, 0.2) is 30.3 Å². The fraction of sp³-hybridized carbons (Fsp3) is 0.556. The second-order valence-electron chi connectivity index (χ2n) is 7.02. The molecule has 1 amide bonds. The molecule has 3 rings (SSSR count). The van der Waals surface area contributed by atoms with E-state index in [1.54, 1.807) is 0 Å². The lowest BCUT2D eigenvalue weighted by atomic mass is 9.72. The molecule has 0 spiro atoms. The van der Waals surface area contributed by atoms with Crippen LogP contribution >= 0.6 is 0 Å². The number of carbonyl (C=O) groups is 2. The first-order valence-corrected chi connectivity index (χ1v) is 8.02. The molecule has 118 valence electrons. The number of carbonyl (C=O) groups excluding carboxylic acids is 1. The number of benzene rings is 1. The molecular weight excluding hydrogens is 278 g/mol. The Hall–Kier alpha value is -1.84. The fourth-order valence-electron chi connectivity index (χ4n) is 4.03. The van der Waals surface area contributed by atoms with Crippen molar-refractivity contribution < 1.29 is 14.7 Å². The molecule has 1 aliphatic heterocycles. The van der Waals surface area contributed by atoms with Crippen molar-refractivity contribution in [3.05, 3.63) is 35.9 Å². The van der Waals surface area contributed by atoms with Gasteiger partial charge in [0, 0.05) is 18.0 Å². The summed E-state index contributed by atoms with van der Waals surface area (Å²) in [5.41, 5.74) is 0.989. The largest absolute Gasteiger partial charge is 0.481 e. The molecular formula is C18H23NO3. The Bertz CT molecular complexity index is 581. The molecule has 1 saturated carbocycles. The lowest BCUT2D eigenvalue weighted by Gasteiger charge is -2.42. The van der Waals surface area contributed by atoms with Crippen molar-refractivity contribution in [2.24, 2.45) is 11.8 Å². The normalized spacial score (nSPS) is 29.9. The van der Waals surface area contributed by atoms with Crippen LogP contribution in [-0.4, -0.2) is 34.0 Å². The number of nitrogens with zero attached hydrogens (tertiary/aromatic N) is 1. The van der Waals surface area contributed by atoms with E-state index < -0.39 is 11.9 Å². The first-order chi connectivity index (χ1) is 10.4. The summed E-state index contributed by atoms with van der Waals surface area (Å²) in [6, 6.07) is 10.3. The maximum absolute atomic E-state index is 12.8. The number of hydrogen-bond donors (Lipinski definition) is 1. The summed E-state index contributed by atoms with van der Waals surface area (Å²) in [5, 5.41) is 9.18. The minimum atomic E-state index is -0.832. The summed E-state index contributed by atoms with van der Waals surface area (Å²) in [7, 11) is 0. The van der Waals surface area contributed by atoms with Crippen molar-refractivity contribution in [1.82, 2.24) is 4.90 Å². The van der Waals surface area contributed by atoms with Crippen LogP contribution in [0.2, 0.25) is 0 Å². The van der Waals surface area contributed by atoms with E-state index in [0.29, 0.717) is 25.3 Å². The highest BCUT2D eigenvalue weighted by Gasteiger charge is 2.50. The number of aliphatic carboxylic acids is 1. The molecule has 1 aromatic rings.